The number of hydrogen-bond acceptors (Lipinski definition) is 2. The molecule has 19 heavy (non-hydrogen) atoms. The maximum absolute atomic E-state index is 10.4. The molecule has 1 atom stereocenters. The van der Waals surface area contributed by atoms with Crippen LogP contribution in [0.25, 0.3) is 0 Å². The van der Waals surface area contributed by atoms with Crippen LogP contribution in [0.1, 0.15) is 74.1 Å². The first-order chi connectivity index (χ1) is 8.41. The largest absolute Gasteiger partial charge is 0.389 e. The number of aliphatic hydroxyl groups is 1. The Morgan fingerprint density at radius 2 is 1.63 bits per heavy atom. The van der Waals surface area contributed by atoms with Gasteiger partial charge in [-0.2, -0.15) is 0 Å². The van der Waals surface area contributed by atoms with Gasteiger partial charge in [0, 0.05) is 12.6 Å². The average molecular weight is 269 g/mol. The fourth-order valence-electron chi connectivity index (χ4n) is 4.31. The third kappa shape index (κ3) is 6.27. The highest BCUT2D eigenvalue weighted by Gasteiger charge is 2.38. The summed E-state index contributed by atoms with van der Waals surface area (Å²) < 4.78 is 0. The number of nitrogens with one attached hydrogen (secondary N) is 1. The van der Waals surface area contributed by atoms with E-state index in [4.69, 9.17) is 0 Å². The molecule has 2 heteroatoms. The summed E-state index contributed by atoms with van der Waals surface area (Å²) in [6.45, 7) is 16.5. The van der Waals surface area contributed by atoms with E-state index in [-0.39, 0.29) is 0 Å². The highest BCUT2D eigenvalue weighted by atomic mass is 16.3. The van der Waals surface area contributed by atoms with E-state index in [0.717, 1.165) is 6.42 Å². The summed E-state index contributed by atoms with van der Waals surface area (Å²) in [6, 6.07) is 0.539. The van der Waals surface area contributed by atoms with Crippen LogP contribution in [0.4, 0.5) is 0 Å². The second-order valence-corrected chi connectivity index (χ2v) is 9.09. The van der Waals surface area contributed by atoms with E-state index in [9.17, 15) is 5.11 Å². The van der Waals surface area contributed by atoms with E-state index in [1.54, 1.807) is 0 Å². The van der Waals surface area contributed by atoms with Crippen molar-refractivity contribution in [2.24, 2.45) is 16.7 Å². The van der Waals surface area contributed by atoms with Crippen LogP contribution in [0.15, 0.2) is 0 Å². The first kappa shape index (κ1) is 17.0. The van der Waals surface area contributed by atoms with Gasteiger partial charge in [-0.25, -0.2) is 0 Å². The summed E-state index contributed by atoms with van der Waals surface area (Å²) >= 11 is 0. The maximum Gasteiger partial charge on any atom is 0.0746 e. The molecule has 0 aromatic carbocycles. The summed E-state index contributed by atoms with van der Waals surface area (Å²) in [5.74, 6) is 0.538. The first-order valence-corrected chi connectivity index (χ1v) is 7.87. The topological polar surface area (TPSA) is 32.3 Å². The Labute approximate surface area is 120 Å². The molecule has 0 aromatic heterocycles. The van der Waals surface area contributed by atoms with Gasteiger partial charge < -0.3 is 10.4 Å². The second kappa shape index (κ2) is 5.73. The molecular weight excluding hydrogens is 234 g/mol. The quantitative estimate of drug-likeness (QED) is 0.791. The Morgan fingerprint density at radius 3 is 2.05 bits per heavy atom. The smallest absolute Gasteiger partial charge is 0.0746 e. The molecule has 0 aromatic rings. The normalized spacial score (nSPS) is 26.4. The summed E-state index contributed by atoms with van der Waals surface area (Å²) in [5.41, 5.74) is 0.229. The Kier molecular flexibility index (Phi) is 5.12. The molecule has 114 valence electrons. The van der Waals surface area contributed by atoms with E-state index in [2.05, 4.69) is 46.9 Å². The van der Waals surface area contributed by atoms with Crippen LogP contribution in [-0.2, 0) is 0 Å². The zero-order chi connectivity index (χ0) is 14.9. The van der Waals surface area contributed by atoms with Gasteiger partial charge in [-0.1, -0.05) is 41.5 Å². The van der Waals surface area contributed by atoms with Gasteiger partial charge in [0.2, 0.25) is 0 Å². The van der Waals surface area contributed by atoms with Crippen LogP contribution >= 0.6 is 0 Å². The highest BCUT2D eigenvalue weighted by Crippen LogP contribution is 2.45. The SMILES string of the molecule is CC(C)CC(C)(O)CNC1CC(C)(C)CC(C)(C)C1. The van der Waals surface area contributed by atoms with Crippen LogP contribution in [0.5, 0.6) is 0 Å². The van der Waals surface area contributed by atoms with Crippen molar-refractivity contribution < 1.29 is 5.11 Å². The van der Waals surface area contributed by atoms with Crippen LogP contribution in [0, 0.1) is 16.7 Å². The molecule has 0 amide bonds. The molecule has 0 saturated heterocycles. The van der Waals surface area contributed by atoms with Gasteiger partial charge in [-0.15, -0.1) is 0 Å². The molecule has 0 radical (unpaired) electrons. The minimum absolute atomic E-state index is 0.406. The number of rotatable bonds is 5. The predicted octanol–water partition coefficient (Wildman–Crippen LogP) is 3.98. The molecule has 0 heterocycles. The standard InChI is InChI=1S/C17H35NO/c1-13(2)8-17(7,19)12-18-14-9-15(3,4)11-16(5,6)10-14/h13-14,18-19H,8-12H2,1-7H3. The van der Waals surface area contributed by atoms with Crippen molar-refractivity contribution in [1.29, 1.82) is 0 Å². The van der Waals surface area contributed by atoms with Gasteiger partial charge in [-0.05, 0) is 49.4 Å². The molecule has 1 unspecified atom stereocenters. The molecule has 1 aliphatic rings. The molecule has 1 aliphatic carbocycles. The monoisotopic (exact) mass is 269 g/mol. The Bertz CT molecular complexity index is 276. The molecule has 1 fully saturated rings. The Balaban J connectivity index is 2.53. The van der Waals surface area contributed by atoms with E-state index in [0.29, 0.717) is 29.3 Å². The lowest BCUT2D eigenvalue weighted by molar-refractivity contribution is 0.0228. The Morgan fingerprint density at radius 1 is 1.16 bits per heavy atom. The van der Waals surface area contributed by atoms with Crippen molar-refractivity contribution in [1.82, 2.24) is 5.32 Å². The fraction of sp³-hybridized carbons (Fsp3) is 1.00. The molecule has 0 aliphatic heterocycles. The maximum atomic E-state index is 10.4. The van der Waals surface area contributed by atoms with Gasteiger partial charge in [0.1, 0.15) is 0 Å². The summed E-state index contributed by atoms with van der Waals surface area (Å²) in [7, 11) is 0. The van der Waals surface area contributed by atoms with Crippen molar-refractivity contribution in [3.05, 3.63) is 0 Å². The first-order valence-electron chi connectivity index (χ1n) is 7.87. The van der Waals surface area contributed by atoms with E-state index >= 15 is 0 Å². The molecule has 1 saturated carbocycles. The van der Waals surface area contributed by atoms with Crippen molar-refractivity contribution >= 4 is 0 Å². The molecule has 0 bridgehead atoms. The molecule has 1 rings (SSSR count). The molecule has 2 nitrogen and oxygen atoms in total. The van der Waals surface area contributed by atoms with E-state index in [1.807, 2.05) is 6.92 Å². The predicted molar refractivity (Wildman–Crippen MR) is 83.3 cm³/mol. The van der Waals surface area contributed by atoms with Crippen LogP contribution in [-0.4, -0.2) is 23.3 Å². The van der Waals surface area contributed by atoms with Crippen LogP contribution in [0.2, 0.25) is 0 Å². The Hall–Kier alpha value is -0.0800. The number of hydrogen-bond donors (Lipinski definition) is 2. The second-order valence-electron chi connectivity index (χ2n) is 9.09. The van der Waals surface area contributed by atoms with Gasteiger partial charge in [0.25, 0.3) is 0 Å². The third-order valence-electron chi connectivity index (χ3n) is 4.17. The summed E-state index contributed by atoms with van der Waals surface area (Å²) in [4.78, 5) is 0. The lowest BCUT2D eigenvalue weighted by Crippen LogP contribution is -2.49. The molecule has 2 N–H and O–H groups in total. The van der Waals surface area contributed by atoms with E-state index in [1.165, 1.54) is 19.3 Å². The van der Waals surface area contributed by atoms with Crippen molar-refractivity contribution in [2.75, 3.05) is 6.54 Å². The van der Waals surface area contributed by atoms with Crippen molar-refractivity contribution in [2.45, 2.75) is 85.8 Å². The van der Waals surface area contributed by atoms with Crippen molar-refractivity contribution in [3.8, 4) is 0 Å². The van der Waals surface area contributed by atoms with Gasteiger partial charge in [-0.3, -0.25) is 0 Å². The van der Waals surface area contributed by atoms with Gasteiger partial charge in [0.15, 0.2) is 0 Å². The van der Waals surface area contributed by atoms with Crippen molar-refractivity contribution in [3.63, 3.8) is 0 Å². The summed E-state index contributed by atoms with van der Waals surface area (Å²) in [6.07, 6.45) is 4.59. The molecule has 0 spiro atoms. The van der Waals surface area contributed by atoms with E-state index < -0.39 is 5.60 Å². The fourth-order valence-corrected chi connectivity index (χ4v) is 4.31. The zero-order valence-corrected chi connectivity index (χ0v) is 14.1. The zero-order valence-electron chi connectivity index (χ0n) is 14.1. The van der Waals surface area contributed by atoms with Crippen LogP contribution < -0.4 is 5.32 Å². The lowest BCUT2D eigenvalue weighted by atomic mass is 9.63. The third-order valence-corrected chi connectivity index (χ3v) is 4.17. The average Bonchev–Trinajstić information content (AvgIpc) is 2.07. The highest BCUT2D eigenvalue weighted by molar-refractivity contribution is 4.93. The van der Waals surface area contributed by atoms with Crippen LogP contribution in [0.3, 0.4) is 0 Å². The van der Waals surface area contributed by atoms with Gasteiger partial charge >= 0.3 is 0 Å². The lowest BCUT2D eigenvalue weighted by Gasteiger charge is -2.46. The minimum Gasteiger partial charge on any atom is -0.389 e. The van der Waals surface area contributed by atoms with Gasteiger partial charge in [0.05, 0.1) is 5.60 Å². The minimum atomic E-state index is -0.583. The summed E-state index contributed by atoms with van der Waals surface area (Å²) in [5, 5.41) is 14.0. The molecular formula is C17H35NO.